The summed E-state index contributed by atoms with van der Waals surface area (Å²) in [6.45, 7) is 0. The predicted molar refractivity (Wildman–Crippen MR) is 114 cm³/mol. The van der Waals surface area contributed by atoms with E-state index in [1.807, 2.05) is 60.7 Å². The highest BCUT2D eigenvalue weighted by Gasteiger charge is 2.22. The second kappa shape index (κ2) is 8.75. The van der Waals surface area contributed by atoms with Gasteiger partial charge in [-0.3, -0.25) is 4.79 Å². The molecule has 0 aliphatic heterocycles. The maximum atomic E-state index is 14.5. The van der Waals surface area contributed by atoms with Gasteiger partial charge in [-0.05, 0) is 35.9 Å². The molecule has 1 atom stereocenters. The van der Waals surface area contributed by atoms with Crippen molar-refractivity contribution in [2.24, 2.45) is 0 Å². The number of hydrogen-bond acceptors (Lipinski definition) is 3. The molecule has 1 amide bonds. The third-order valence-electron chi connectivity index (χ3n) is 4.34. The van der Waals surface area contributed by atoms with Crippen molar-refractivity contribution in [2.45, 2.75) is 10.1 Å². The molecule has 1 heterocycles. The van der Waals surface area contributed by atoms with E-state index in [2.05, 4.69) is 10.3 Å². The number of nitrogens with zero attached hydrogens (tertiary/aromatic N) is 2. The fourth-order valence-electron chi connectivity index (χ4n) is 2.94. The molecule has 4 aromatic rings. The Balaban J connectivity index is 1.57. The number of nitrogens with one attached hydrogen (secondary N) is 1. The molecular weight excluding hydrogens is 385 g/mol. The van der Waals surface area contributed by atoms with Crippen LogP contribution in [-0.4, -0.2) is 15.5 Å². The van der Waals surface area contributed by atoms with Gasteiger partial charge in [-0.25, -0.2) is 9.37 Å². The van der Waals surface area contributed by atoms with Crippen LogP contribution in [0, 0.1) is 5.82 Å². The summed E-state index contributed by atoms with van der Waals surface area (Å²) >= 11 is 1.46. The van der Waals surface area contributed by atoms with Crippen molar-refractivity contribution in [2.75, 3.05) is 5.32 Å². The van der Waals surface area contributed by atoms with Crippen molar-refractivity contribution in [3.05, 3.63) is 109 Å². The van der Waals surface area contributed by atoms with Gasteiger partial charge in [0.05, 0.1) is 12.0 Å². The van der Waals surface area contributed by atoms with Gasteiger partial charge in [0.25, 0.3) is 0 Å². The van der Waals surface area contributed by atoms with E-state index in [1.54, 1.807) is 29.1 Å². The summed E-state index contributed by atoms with van der Waals surface area (Å²) in [5.74, 6) is -0.646. The Kier molecular flexibility index (Phi) is 5.72. The van der Waals surface area contributed by atoms with Crippen molar-refractivity contribution in [3.63, 3.8) is 0 Å². The molecule has 0 spiro atoms. The molecule has 1 aromatic heterocycles. The zero-order chi connectivity index (χ0) is 20.1. The Bertz CT molecular complexity index is 1090. The molecule has 0 radical (unpaired) electrons. The fraction of sp³-hybridized carbons (Fsp3) is 0.0435. The van der Waals surface area contributed by atoms with Gasteiger partial charge in [0.15, 0.2) is 0 Å². The van der Waals surface area contributed by atoms with Crippen LogP contribution in [0.25, 0.3) is 5.69 Å². The molecular formula is C23H18FN3OS. The summed E-state index contributed by atoms with van der Waals surface area (Å²) in [6.07, 6.45) is 4.78. The number of carbonyl (C=O) groups excluding carboxylic acids is 1. The highest BCUT2D eigenvalue weighted by molar-refractivity contribution is 8.00. The lowest BCUT2D eigenvalue weighted by atomic mass is 10.1. The zero-order valence-electron chi connectivity index (χ0n) is 15.4. The lowest BCUT2D eigenvalue weighted by Crippen LogP contribution is -2.19. The Morgan fingerprint density at radius 3 is 2.38 bits per heavy atom. The zero-order valence-corrected chi connectivity index (χ0v) is 16.2. The molecule has 4 rings (SSSR count). The highest BCUT2D eigenvalue weighted by atomic mass is 32.2. The molecule has 0 aliphatic carbocycles. The third kappa shape index (κ3) is 4.55. The van der Waals surface area contributed by atoms with Crippen LogP contribution in [0.2, 0.25) is 0 Å². The molecule has 0 aliphatic rings. The monoisotopic (exact) mass is 403 g/mol. The lowest BCUT2D eigenvalue weighted by molar-refractivity contribution is -0.115. The number of amides is 1. The van der Waals surface area contributed by atoms with Gasteiger partial charge >= 0.3 is 0 Å². The molecule has 29 heavy (non-hydrogen) atoms. The average Bonchev–Trinajstić information content (AvgIpc) is 3.28. The van der Waals surface area contributed by atoms with Crippen molar-refractivity contribution in [1.29, 1.82) is 0 Å². The van der Waals surface area contributed by atoms with Gasteiger partial charge in [-0.2, -0.15) is 0 Å². The van der Waals surface area contributed by atoms with Gasteiger partial charge < -0.3 is 9.88 Å². The summed E-state index contributed by atoms with van der Waals surface area (Å²) in [5.41, 5.74) is 1.67. The Hall–Kier alpha value is -3.38. The summed E-state index contributed by atoms with van der Waals surface area (Å²) in [7, 11) is 0. The van der Waals surface area contributed by atoms with E-state index >= 15 is 0 Å². The molecule has 1 N–H and O–H groups in total. The van der Waals surface area contributed by atoms with Crippen LogP contribution < -0.4 is 5.32 Å². The predicted octanol–water partition coefficient (Wildman–Crippen LogP) is 5.48. The Labute approximate surface area is 172 Å². The van der Waals surface area contributed by atoms with Crippen LogP contribution in [0.15, 0.2) is 102 Å². The number of thioether (sulfide) groups is 1. The first kappa shape index (κ1) is 19.0. The minimum atomic E-state index is -0.463. The summed E-state index contributed by atoms with van der Waals surface area (Å²) in [6, 6.07) is 23.9. The first-order valence-corrected chi connectivity index (χ1v) is 9.94. The van der Waals surface area contributed by atoms with Crippen LogP contribution in [0.1, 0.15) is 10.8 Å². The van der Waals surface area contributed by atoms with Crippen LogP contribution in [0.4, 0.5) is 10.1 Å². The van der Waals surface area contributed by atoms with E-state index in [1.165, 1.54) is 24.2 Å². The van der Waals surface area contributed by atoms with Crippen molar-refractivity contribution >= 4 is 23.4 Å². The van der Waals surface area contributed by atoms with E-state index in [9.17, 15) is 9.18 Å². The second-order valence-corrected chi connectivity index (χ2v) is 7.53. The van der Waals surface area contributed by atoms with Gasteiger partial charge in [-0.15, -0.1) is 11.8 Å². The normalized spacial score (nSPS) is 11.8. The van der Waals surface area contributed by atoms with Gasteiger partial charge in [0, 0.05) is 23.0 Å². The van der Waals surface area contributed by atoms with Crippen LogP contribution in [-0.2, 0) is 4.79 Å². The second-order valence-electron chi connectivity index (χ2n) is 6.35. The summed E-state index contributed by atoms with van der Waals surface area (Å²) in [5, 5.41) is 2.39. The Morgan fingerprint density at radius 1 is 1.00 bits per heavy atom. The number of imidazole rings is 1. The molecule has 6 heteroatoms. The number of carbonyl (C=O) groups is 1. The quantitative estimate of drug-likeness (QED) is 0.434. The van der Waals surface area contributed by atoms with E-state index in [-0.39, 0.29) is 5.91 Å². The third-order valence-corrected chi connectivity index (χ3v) is 5.60. The van der Waals surface area contributed by atoms with Gasteiger partial charge in [-0.1, -0.05) is 48.5 Å². The maximum absolute atomic E-state index is 14.5. The molecule has 4 nitrogen and oxygen atoms in total. The van der Waals surface area contributed by atoms with Crippen LogP contribution in [0.3, 0.4) is 0 Å². The van der Waals surface area contributed by atoms with Crippen LogP contribution >= 0.6 is 11.8 Å². The van der Waals surface area contributed by atoms with E-state index in [4.69, 9.17) is 0 Å². The van der Waals surface area contributed by atoms with E-state index in [0.717, 1.165) is 10.5 Å². The van der Waals surface area contributed by atoms with E-state index < -0.39 is 11.1 Å². The topological polar surface area (TPSA) is 46.9 Å². The molecule has 0 fully saturated rings. The molecule has 0 saturated carbocycles. The van der Waals surface area contributed by atoms with Gasteiger partial charge in [0.1, 0.15) is 11.1 Å². The smallest absolute Gasteiger partial charge is 0.242 e. The minimum absolute atomic E-state index is 0.208. The first-order valence-electron chi connectivity index (χ1n) is 9.06. The van der Waals surface area contributed by atoms with Crippen molar-refractivity contribution < 1.29 is 9.18 Å². The summed E-state index contributed by atoms with van der Waals surface area (Å²) < 4.78 is 16.1. The average molecular weight is 403 g/mol. The highest BCUT2D eigenvalue weighted by Crippen LogP contribution is 2.36. The molecule has 3 aromatic carbocycles. The number of rotatable bonds is 6. The van der Waals surface area contributed by atoms with Crippen molar-refractivity contribution in [1.82, 2.24) is 9.55 Å². The Morgan fingerprint density at radius 2 is 1.72 bits per heavy atom. The minimum Gasteiger partial charge on any atom is -0.325 e. The number of halogens is 1. The lowest BCUT2D eigenvalue weighted by Gasteiger charge is -2.17. The van der Waals surface area contributed by atoms with E-state index in [0.29, 0.717) is 11.4 Å². The number of anilines is 1. The van der Waals surface area contributed by atoms with Crippen molar-refractivity contribution in [3.8, 4) is 5.69 Å². The van der Waals surface area contributed by atoms with Crippen LogP contribution in [0.5, 0.6) is 0 Å². The molecule has 1 unspecified atom stereocenters. The maximum Gasteiger partial charge on any atom is 0.242 e. The molecule has 0 bridgehead atoms. The number of benzene rings is 3. The molecule has 144 valence electrons. The number of hydrogen-bond donors (Lipinski definition) is 1. The first-order chi connectivity index (χ1) is 14.2. The summed E-state index contributed by atoms with van der Waals surface area (Å²) in [4.78, 5) is 18.0. The SMILES string of the molecule is O=C(Nc1ccc(-n2ccnc2)c(F)c1)C(Sc1ccccc1)c1ccccc1. The van der Waals surface area contributed by atoms with Gasteiger partial charge in [0.2, 0.25) is 5.91 Å². The standard InChI is InChI=1S/C23H18FN3OS/c24-20-15-18(11-12-21(20)27-14-13-25-16-27)26-23(28)22(17-7-3-1-4-8-17)29-19-9-5-2-6-10-19/h1-16,22H,(H,26,28). The molecule has 0 saturated heterocycles. The fourth-order valence-corrected chi connectivity index (χ4v) is 3.99. The largest absolute Gasteiger partial charge is 0.325 e. The number of aromatic nitrogens is 2.